The summed E-state index contributed by atoms with van der Waals surface area (Å²) < 4.78 is 48.6. The molecule has 370 valence electrons. The number of morpholine rings is 1. The van der Waals surface area contributed by atoms with Crippen molar-refractivity contribution >= 4 is 24.0 Å². The van der Waals surface area contributed by atoms with Crippen LogP contribution in [0.25, 0.3) is 0 Å². The van der Waals surface area contributed by atoms with Crippen molar-refractivity contribution in [1.29, 1.82) is 0 Å². The fourth-order valence-electron chi connectivity index (χ4n) is 11.0. The molecule has 0 radical (unpaired) electrons. The van der Waals surface area contributed by atoms with E-state index in [4.69, 9.17) is 37.9 Å². The average molecular weight is 937 g/mol. The normalized spacial score (nSPS) is 29.2. The van der Waals surface area contributed by atoms with Gasteiger partial charge in [-0.25, -0.2) is 14.4 Å². The Morgan fingerprint density at radius 1 is 0.985 bits per heavy atom. The summed E-state index contributed by atoms with van der Waals surface area (Å²) >= 11 is 0. The number of rotatable bonds is 17. The molecule has 1 saturated carbocycles. The highest BCUT2D eigenvalue weighted by Gasteiger charge is 2.71. The zero-order chi connectivity index (χ0) is 48.9. The molecule has 0 bridgehead atoms. The van der Waals surface area contributed by atoms with Crippen molar-refractivity contribution in [3.8, 4) is 0 Å². The van der Waals surface area contributed by atoms with E-state index in [2.05, 4.69) is 10.2 Å². The van der Waals surface area contributed by atoms with E-state index in [9.17, 15) is 29.4 Å². The molecule has 0 unspecified atom stereocenters. The number of ether oxygens (including phenoxy) is 8. The van der Waals surface area contributed by atoms with E-state index < -0.39 is 94.6 Å². The first-order chi connectivity index (χ1) is 31.7. The van der Waals surface area contributed by atoms with Gasteiger partial charge in [-0.15, -0.1) is 0 Å². The number of nitrogens with one attached hydrogen (secondary N) is 1. The Kier molecular flexibility index (Phi) is 16.7. The van der Waals surface area contributed by atoms with Crippen LogP contribution >= 0.6 is 0 Å². The third-order valence-corrected chi connectivity index (χ3v) is 14.4. The summed E-state index contributed by atoms with van der Waals surface area (Å²) in [5.41, 5.74) is -3.61. The summed E-state index contributed by atoms with van der Waals surface area (Å²) in [7, 11) is 3.18. The van der Waals surface area contributed by atoms with Gasteiger partial charge in [-0.2, -0.15) is 0 Å². The molecule has 2 aromatic rings. The first-order valence-electron chi connectivity index (χ1n) is 23.4. The van der Waals surface area contributed by atoms with Crippen molar-refractivity contribution in [2.45, 2.75) is 128 Å². The van der Waals surface area contributed by atoms with Gasteiger partial charge < -0.3 is 53.4 Å². The van der Waals surface area contributed by atoms with Crippen molar-refractivity contribution in [3.63, 3.8) is 0 Å². The SMILES string of the molecule is COC[C@H](CCN1CCOCC1)C1=C(C)[C@@H](OC(=O)[C@H](O)[C@@H](NC(=O)OC(C)(C)C)c2ccccc2)C[C@@](O)([C@@H](OC(=O)c2ccccc2)[C@H]2[C@@H](C)[C@@H](OC)C[C@H]3OC[C@@]23OC(C)=O)C1(C)C. The average Bonchev–Trinajstić information content (AvgIpc) is 3.27. The van der Waals surface area contributed by atoms with Crippen molar-refractivity contribution in [3.05, 3.63) is 82.9 Å². The molecule has 2 aliphatic carbocycles. The van der Waals surface area contributed by atoms with Gasteiger partial charge in [0.1, 0.15) is 29.5 Å². The number of benzene rings is 2. The Bertz CT molecular complexity index is 2050. The molecule has 2 heterocycles. The Balaban J connectivity index is 1.51. The van der Waals surface area contributed by atoms with Gasteiger partial charge in [0.2, 0.25) is 0 Å². The van der Waals surface area contributed by atoms with Crippen LogP contribution in [0.5, 0.6) is 0 Å². The third kappa shape index (κ3) is 11.2. The van der Waals surface area contributed by atoms with Gasteiger partial charge in [-0.3, -0.25) is 9.69 Å². The summed E-state index contributed by atoms with van der Waals surface area (Å²) in [5, 5.41) is 28.8. The molecule has 2 saturated heterocycles. The maximum absolute atomic E-state index is 14.6. The molecule has 0 aromatic heterocycles. The second kappa shape index (κ2) is 21.5. The molecular formula is C51H72N2O14. The largest absolute Gasteiger partial charge is 0.456 e. The predicted octanol–water partition coefficient (Wildman–Crippen LogP) is 5.58. The second-order valence-corrected chi connectivity index (χ2v) is 20.1. The second-order valence-electron chi connectivity index (χ2n) is 20.1. The fourth-order valence-corrected chi connectivity index (χ4v) is 11.0. The third-order valence-electron chi connectivity index (χ3n) is 14.4. The van der Waals surface area contributed by atoms with E-state index in [0.29, 0.717) is 49.3 Å². The maximum atomic E-state index is 14.6. The monoisotopic (exact) mass is 936 g/mol. The van der Waals surface area contributed by atoms with E-state index in [1.54, 1.807) is 95.7 Å². The molecule has 3 fully saturated rings. The number of aliphatic hydroxyl groups is 2. The minimum Gasteiger partial charge on any atom is -0.456 e. The van der Waals surface area contributed by atoms with Crippen LogP contribution in [0.3, 0.4) is 0 Å². The van der Waals surface area contributed by atoms with Crippen LogP contribution in [-0.4, -0.2) is 147 Å². The van der Waals surface area contributed by atoms with Crippen molar-refractivity contribution in [1.82, 2.24) is 10.2 Å². The highest BCUT2D eigenvalue weighted by molar-refractivity contribution is 5.89. The molecule has 2 aromatic carbocycles. The number of nitrogens with zero attached hydrogens (tertiary/aromatic N) is 1. The first-order valence-corrected chi connectivity index (χ1v) is 23.4. The van der Waals surface area contributed by atoms with Gasteiger partial charge >= 0.3 is 24.0 Å². The quantitative estimate of drug-likeness (QED) is 0.101. The van der Waals surface area contributed by atoms with Crippen LogP contribution in [-0.2, 0) is 47.5 Å². The standard InChI is InChI=1S/C51H72N2O14/c1-31-37(61-10)27-39-50(30-63-39,66-33(3)54)41(31)44(65-45(56)35-19-15-12-16-20-35)51(59)28-38(32(2)40(49(51,7)8)36(29-60-9)21-22-53-23-25-62-26-24-53)64-46(57)43(55)42(34-17-13-11-14-18-34)52-47(58)67-48(4,5)6/h11-20,31,36-39,41-44,55,59H,21-30H2,1-10H3,(H,52,58)/t31-,36-,37-,38-,39+,41+,42-,43+,44-,50-,51+/m0/s1. The van der Waals surface area contributed by atoms with Gasteiger partial charge in [0.05, 0.1) is 44.1 Å². The van der Waals surface area contributed by atoms with E-state index in [1.165, 1.54) is 6.92 Å². The van der Waals surface area contributed by atoms with Crippen LogP contribution in [0.4, 0.5) is 4.79 Å². The lowest BCUT2D eigenvalue weighted by molar-refractivity contribution is -0.333. The van der Waals surface area contributed by atoms with Crippen molar-refractivity contribution < 1.29 is 67.3 Å². The highest BCUT2D eigenvalue weighted by Crippen LogP contribution is 2.59. The highest BCUT2D eigenvalue weighted by atomic mass is 16.6. The summed E-state index contributed by atoms with van der Waals surface area (Å²) in [5.74, 6) is -4.15. The lowest BCUT2D eigenvalue weighted by Gasteiger charge is -2.63. The molecule has 3 N–H and O–H groups in total. The summed E-state index contributed by atoms with van der Waals surface area (Å²) in [6, 6.07) is 15.6. The van der Waals surface area contributed by atoms with Gasteiger partial charge in [-0.1, -0.05) is 74.9 Å². The number of fused-ring (bicyclic) bond motifs is 1. The molecule has 11 atom stereocenters. The molecule has 16 heteroatoms. The number of hydrogen-bond acceptors (Lipinski definition) is 15. The Hall–Kier alpha value is -4.42. The molecular weight excluding hydrogens is 865 g/mol. The van der Waals surface area contributed by atoms with Crippen LogP contribution in [0.1, 0.15) is 96.6 Å². The van der Waals surface area contributed by atoms with Crippen LogP contribution in [0, 0.1) is 23.2 Å². The van der Waals surface area contributed by atoms with Crippen molar-refractivity contribution in [2.24, 2.45) is 23.2 Å². The van der Waals surface area contributed by atoms with Crippen LogP contribution < -0.4 is 5.32 Å². The topological polar surface area (TPSA) is 198 Å². The fraction of sp³-hybridized carbons (Fsp3) is 0.647. The number of methoxy groups -OCH3 is 2. The lowest BCUT2D eigenvalue weighted by atomic mass is 9.51. The van der Waals surface area contributed by atoms with Crippen LogP contribution in [0.15, 0.2) is 71.8 Å². The summed E-state index contributed by atoms with van der Waals surface area (Å²) in [6.45, 7) is 17.5. The molecule has 4 aliphatic rings. The minimum absolute atomic E-state index is 0.0255. The number of carbonyl (C=O) groups excluding carboxylic acids is 4. The van der Waals surface area contributed by atoms with Crippen molar-refractivity contribution in [2.75, 3.05) is 60.3 Å². The number of alkyl carbamates (subject to hydrolysis) is 1. The van der Waals surface area contributed by atoms with E-state index in [0.717, 1.165) is 13.1 Å². The van der Waals surface area contributed by atoms with Gasteiger partial charge in [0, 0.05) is 64.3 Å². The molecule has 2 aliphatic heterocycles. The van der Waals surface area contributed by atoms with Gasteiger partial charge in [-0.05, 0) is 69.8 Å². The zero-order valence-electron chi connectivity index (χ0n) is 40.8. The molecule has 67 heavy (non-hydrogen) atoms. The smallest absolute Gasteiger partial charge is 0.408 e. The molecule has 0 spiro atoms. The predicted molar refractivity (Wildman–Crippen MR) is 246 cm³/mol. The summed E-state index contributed by atoms with van der Waals surface area (Å²) in [4.78, 5) is 57.8. The zero-order valence-corrected chi connectivity index (χ0v) is 40.8. The minimum atomic E-state index is -2.09. The van der Waals surface area contributed by atoms with E-state index in [-0.39, 0.29) is 31.1 Å². The first kappa shape index (κ1) is 52.0. The number of esters is 3. The molecule has 16 nitrogen and oxygen atoms in total. The van der Waals surface area contributed by atoms with Gasteiger partial charge in [0.15, 0.2) is 11.7 Å². The number of amides is 1. The Morgan fingerprint density at radius 3 is 2.19 bits per heavy atom. The Morgan fingerprint density at radius 2 is 1.63 bits per heavy atom. The molecule has 6 rings (SSSR count). The van der Waals surface area contributed by atoms with Gasteiger partial charge in [0.25, 0.3) is 0 Å². The number of carbonyl (C=O) groups is 4. The lowest BCUT2D eigenvalue weighted by Crippen LogP contribution is -2.76. The van der Waals surface area contributed by atoms with E-state index in [1.807, 2.05) is 27.7 Å². The van der Waals surface area contributed by atoms with E-state index >= 15 is 0 Å². The summed E-state index contributed by atoms with van der Waals surface area (Å²) in [6.07, 6.45) is -5.95. The molecule has 1 amide bonds. The number of aliphatic hydroxyl groups excluding tert-OH is 1. The number of hydrogen-bond donors (Lipinski definition) is 3. The maximum Gasteiger partial charge on any atom is 0.408 e. The van der Waals surface area contributed by atoms with Crippen LogP contribution in [0.2, 0.25) is 0 Å². The Labute approximate surface area is 394 Å².